The van der Waals surface area contributed by atoms with Gasteiger partial charge in [-0.25, -0.2) is 0 Å². The number of hydrogen-bond donors (Lipinski definition) is 1. The molecular weight excluding hydrogens is 308 g/mol. The molecule has 0 aliphatic heterocycles. The van der Waals surface area contributed by atoms with Crippen molar-refractivity contribution in [3.05, 3.63) is 42.5 Å². The molecule has 126 valence electrons. The number of hydrogen-bond acceptors (Lipinski definition) is 6. The zero-order valence-electron chi connectivity index (χ0n) is 13.5. The molecule has 2 aromatic heterocycles. The van der Waals surface area contributed by atoms with Crippen LogP contribution in [-0.4, -0.2) is 40.1 Å². The van der Waals surface area contributed by atoms with E-state index in [1.165, 1.54) is 6.20 Å². The van der Waals surface area contributed by atoms with E-state index in [4.69, 9.17) is 9.47 Å². The topological polar surface area (TPSA) is 86.2 Å². The second-order valence-corrected chi connectivity index (χ2v) is 5.71. The average Bonchev–Trinajstić information content (AvgIpc) is 2.64. The van der Waals surface area contributed by atoms with Gasteiger partial charge in [0.15, 0.2) is 0 Å². The van der Waals surface area contributed by atoms with Crippen LogP contribution in [0.5, 0.6) is 11.8 Å². The molecule has 2 heterocycles. The number of carbonyl (C=O) groups is 1. The maximum absolute atomic E-state index is 12.1. The molecule has 0 atom stereocenters. The van der Waals surface area contributed by atoms with Gasteiger partial charge in [0.1, 0.15) is 6.10 Å². The summed E-state index contributed by atoms with van der Waals surface area (Å²) < 4.78 is 10.9. The van der Waals surface area contributed by atoms with Gasteiger partial charge in [0.25, 0.3) is 5.91 Å². The number of aromatic nitrogens is 3. The highest BCUT2D eigenvalue weighted by atomic mass is 16.5. The highest BCUT2D eigenvalue weighted by Crippen LogP contribution is 2.23. The summed E-state index contributed by atoms with van der Waals surface area (Å²) >= 11 is 0. The van der Waals surface area contributed by atoms with Crippen LogP contribution in [0, 0.1) is 0 Å². The van der Waals surface area contributed by atoms with Crippen LogP contribution in [0.25, 0.3) is 0 Å². The van der Waals surface area contributed by atoms with Gasteiger partial charge < -0.3 is 14.8 Å². The monoisotopic (exact) mass is 328 g/mol. The predicted molar refractivity (Wildman–Crippen MR) is 87.0 cm³/mol. The Morgan fingerprint density at radius 2 is 1.92 bits per heavy atom. The SMILES string of the molecule is COc1cncc(OC2CCC(NC(=O)c3cccnc3)CC2)n1. The van der Waals surface area contributed by atoms with Crippen molar-refractivity contribution < 1.29 is 14.3 Å². The van der Waals surface area contributed by atoms with E-state index in [2.05, 4.69) is 20.3 Å². The van der Waals surface area contributed by atoms with Crippen LogP contribution < -0.4 is 14.8 Å². The van der Waals surface area contributed by atoms with Crippen molar-refractivity contribution in [1.82, 2.24) is 20.3 Å². The van der Waals surface area contributed by atoms with Crippen LogP contribution in [0.4, 0.5) is 0 Å². The minimum atomic E-state index is -0.0777. The minimum absolute atomic E-state index is 0.0777. The van der Waals surface area contributed by atoms with Gasteiger partial charge in [0.2, 0.25) is 11.8 Å². The first-order valence-electron chi connectivity index (χ1n) is 7.98. The molecule has 1 fully saturated rings. The van der Waals surface area contributed by atoms with Crippen LogP contribution in [0.15, 0.2) is 36.9 Å². The standard InChI is InChI=1S/C17H20N4O3/c1-23-15-10-19-11-16(21-15)24-14-6-4-13(5-7-14)20-17(22)12-3-2-8-18-9-12/h2-3,8-11,13-14H,4-7H2,1H3,(H,20,22). The third kappa shape index (κ3) is 4.18. The molecule has 0 aromatic carbocycles. The van der Waals surface area contributed by atoms with Gasteiger partial charge in [-0.15, -0.1) is 0 Å². The number of amides is 1. The lowest BCUT2D eigenvalue weighted by Gasteiger charge is -2.29. The smallest absolute Gasteiger partial charge is 0.253 e. The lowest BCUT2D eigenvalue weighted by molar-refractivity contribution is 0.0888. The van der Waals surface area contributed by atoms with Gasteiger partial charge in [0.05, 0.1) is 25.1 Å². The average molecular weight is 328 g/mol. The fourth-order valence-corrected chi connectivity index (χ4v) is 2.75. The first kappa shape index (κ1) is 16.2. The summed E-state index contributed by atoms with van der Waals surface area (Å²) in [5.41, 5.74) is 0.586. The van der Waals surface area contributed by atoms with Crippen LogP contribution in [0.3, 0.4) is 0 Å². The van der Waals surface area contributed by atoms with Crippen molar-refractivity contribution in [2.75, 3.05) is 7.11 Å². The van der Waals surface area contributed by atoms with E-state index < -0.39 is 0 Å². The molecule has 1 amide bonds. The summed E-state index contributed by atoms with van der Waals surface area (Å²) in [7, 11) is 1.55. The fraction of sp³-hybridized carbons (Fsp3) is 0.412. The Morgan fingerprint density at radius 1 is 1.12 bits per heavy atom. The number of nitrogens with zero attached hydrogens (tertiary/aromatic N) is 3. The summed E-state index contributed by atoms with van der Waals surface area (Å²) in [6, 6.07) is 3.68. The van der Waals surface area contributed by atoms with E-state index in [1.807, 2.05) is 0 Å². The Kier molecular flexibility index (Phi) is 5.20. The van der Waals surface area contributed by atoms with Gasteiger partial charge in [-0.1, -0.05) is 0 Å². The third-order valence-corrected chi connectivity index (χ3v) is 4.02. The molecule has 7 nitrogen and oxygen atoms in total. The highest BCUT2D eigenvalue weighted by Gasteiger charge is 2.24. The Balaban J connectivity index is 1.48. The molecule has 1 aliphatic rings. The maximum atomic E-state index is 12.1. The molecule has 3 rings (SSSR count). The Hall–Kier alpha value is -2.70. The number of pyridine rings is 1. The van der Waals surface area contributed by atoms with Gasteiger partial charge >= 0.3 is 0 Å². The first-order chi connectivity index (χ1) is 11.7. The van der Waals surface area contributed by atoms with Gasteiger partial charge in [-0.3, -0.25) is 14.8 Å². The van der Waals surface area contributed by atoms with Crippen molar-refractivity contribution in [2.45, 2.75) is 37.8 Å². The molecule has 1 saturated carbocycles. The molecule has 0 radical (unpaired) electrons. The van der Waals surface area contributed by atoms with E-state index in [0.717, 1.165) is 25.7 Å². The summed E-state index contributed by atoms with van der Waals surface area (Å²) in [4.78, 5) is 24.4. The number of rotatable bonds is 5. The van der Waals surface area contributed by atoms with Crippen molar-refractivity contribution in [3.8, 4) is 11.8 Å². The van der Waals surface area contributed by atoms with E-state index >= 15 is 0 Å². The minimum Gasteiger partial charge on any atom is -0.480 e. The van der Waals surface area contributed by atoms with Crippen molar-refractivity contribution in [3.63, 3.8) is 0 Å². The number of nitrogens with one attached hydrogen (secondary N) is 1. The lowest BCUT2D eigenvalue weighted by Crippen LogP contribution is -2.39. The highest BCUT2D eigenvalue weighted by molar-refractivity contribution is 5.93. The summed E-state index contributed by atoms with van der Waals surface area (Å²) in [6.45, 7) is 0. The molecule has 0 spiro atoms. The zero-order chi connectivity index (χ0) is 16.8. The Labute approximate surface area is 140 Å². The number of methoxy groups -OCH3 is 1. The molecule has 1 N–H and O–H groups in total. The largest absolute Gasteiger partial charge is 0.480 e. The molecule has 24 heavy (non-hydrogen) atoms. The zero-order valence-corrected chi connectivity index (χ0v) is 13.5. The first-order valence-corrected chi connectivity index (χ1v) is 7.98. The van der Waals surface area contributed by atoms with Gasteiger partial charge in [-0.2, -0.15) is 4.98 Å². The fourth-order valence-electron chi connectivity index (χ4n) is 2.75. The van der Waals surface area contributed by atoms with E-state index in [0.29, 0.717) is 17.3 Å². The molecule has 0 unspecified atom stereocenters. The number of carbonyl (C=O) groups excluding carboxylic acids is 1. The van der Waals surface area contributed by atoms with Gasteiger partial charge in [0, 0.05) is 18.4 Å². The molecule has 7 heteroatoms. The Morgan fingerprint density at radius 3 is 2.62 bits per heavy atom. The molecular formula is C17H20N4O3. The second-order valence-electron chi connectivity index (χ2n) is 5.71. The van der Waals surface area contributed by atoms with Crippen LogP contribution in [0.2, 0.25) is 0 Å². The molecule has 0 saturated heterocycles. The quantitative estimate of drug-likeness (QED) is 0.903. The summed E-state index contributed by atoms with van der Waals surface area (Å²) in [5.74, 6) is 0.827. The number of ether oxygens (including phenoxy) is 2. The summed E-state index contributed by atoms with van der Waals surface area (Å²) in [6.07, 6.45) is 9.89. The third-order valence-electron chi connectivity index (χ3n) is 4.02. The predicted octanol–water partition coefficient (Wildman–Crippen LogP) is 2.00. The van der Waals surface area contributed by atoms with Crippen molar-refractivity contribution in [1.29, 1.82) is 0 Å². The van der Waals surface area contributed by atoms with Crippen molar-refractivity contribution in [2.24, 2.45) is 0 Å². The van der Waals surface area contributed by atoms with Crippen LogP contribution in [0.1, 0.15) is 36.0 Å². The molecule has 2 aromatic rings. The van der Waals surface area contributed by atoms with E-state index in [1.54, 1.807) is 37.8 Å². The Bertz CT molecular complexity index is 673. The molecule has 1 aliphatic carbocycles. The van der Waals surface area contributed by atoms with Crippen LogP contribution >= 0.6 is 0 Å². The maximum Gasteiger partial charge on any atom is 0.253 e. The van der Waals surface area contributed by atoms with Crippen molar-refractivity contribution >= 4 is 5.91 Å². The second kappa shape index (κ2) is 7.72. The van der Waals surface area contributed by atoms with E-state index in [9.17, 15) is 4.79 Å². The normalized spacial score (nSPS) is 20.2. The van der Waals surface area contributed by atoms with Crippen LogP contribution in [-0.2, 0) is 0 Å². The molecule has 0 bridgehead atoms. The van der Waals surface area contributed by atoms with Gasteiger partial charge in [-0.05, 0) is 37.8 Å². The van der Waals surface area contributed by atoms with E-state index in [-0.39, 0.29) is 18.1 Å². The summed E-state index contributed by atoms with van der Waals surface area (Å²) in [5, 5.41) is 3.06. The lowest BCUT2D eigenvalue weighted by atomic mass is 9.93.